The summed E-state index contributed by atoms with van der Waals surface area (Å²) in [5.74, 6) is 0.599. The number of aromatic nitrogens is 2. The second-order valence-corrected chi connectivity index (χ2v) is 7.01. The van der Waals surface area contributed by atoms with Crippen LogP contribution in [0.5, 0.6) is 0 Å². The van der Waals surface area contributed by atoms with Crippen molar-refractivity contribution in [3.05, 3.63) is 17.1 Å². The molecule has 0 radical (unpaired) electrons. The smallest absolute Gasteiger partial charge is 0.292 e. The van der Waals surface area contributed by atoms with Gasteiger partial charge in [-0.05, 0) is 34.4 Å². The number of carbonyl (C=O) groups is 2. The van der Waals surface area contributed by atoms with Gasteiger partial charge in [-0.15, -0.1) is 0 Å². The molecule has 0 bridgehead atoms. The maximum absolute atomic E-state index is 12.7. The zero-order chi connectivity index (χ0) is 18.1. The Labute approximate surface area is 148 Å². The fraction of sp³-hybridized carbons (Fsp3) is 0.647. The summed E-state index contributed by atoms with van der Waals surface area (Å²) in [7, 11) is 4.17. The van der Waals surface area contributed by atoms with Gasteiger partial charge in [-0.2, -0.15) is 0 Å². The van der Waals surface area contributed by atoms with E-state index in [2.05, 4.69) is 39.2 Å². The van der Waals surface area contributed by atoms with E-state index in [0.717, 1.165) is 36.6 Å². The molecule has 3 rings (SSSR count). The Morgan fingerprint density at radius 2 is 2.00 bits per heavy atom. The van der Waals surface area contributed by atoms with E-state index in [1.165, 1.54) is 4.90 Å². The number of nitrogens with one attached hydrogen (secondary N) is 1. The van der Waals surface area contributed by atoms with Crippen molar-refractivity contribution in [2.45, 2.75) is 26.3 Å². The Hall–Kier alpha value is -2.22. The van der Waals surface area contributed by atoms with Gasteiger partial charge in [-0.3, -0.25) is 9.59 Å². The Morgan fingerprint density at radius 3 is 2.64 bits per heavy atom. The zero-order valence-electron chi connectivity index (χ0n) is 15.4. The van der Waals surface area contributed by atoms with Gasteiger partial charge in [0.2, 0.25) is 11.7 Å². The number of hydrogen-bond acceptors (Lipinski definition) is 6. The Morgan fingerprint density at radius 1 is 1.24 bits per heavy atom. The summed E-state index contributed by atoms with van der Waals surface area (Å²) in [6.07, 6.45) is 1.07. The molecule has 1 aromatic rings. The predicted octanol–water partition coefficient (Wildman–Crippen LogP) is -0.194. The van der Waals surface area contributed by atoms with Gasteiger partial charge in [0.15, 0.2) is 0 Å². The number of amides is 2. The molecule has 0 saturated carbocycles. The van der Waals surface area contributed by atoms with Gasteiger partial charge in [-0.1, -0.05) is 0 Å². The van der Waals surface area contributed by atoms with Crippen LogP contribution in [0, 0.1) is 13.8 Å². The lowest BCUT2D eigenvalue weighted by molar-refractivity contribution is -0.123. The highest BCUT2D eigenvalue weighted by Gasteiger charge is 2.29. The SMILES string of the molecule is Cc1nc(C(=O)N2CCNC(=O)C2)nc(N2CC[C@@H](N(C)C)C2)c1C. The maximum Gasteiger partial charge on any atom is 0.292 e. The minimum absolute atomic E-state index is 0.0663. The van der Waals surface area contributed by atoms with E-state index in [1.54, 1.807) is 0 Å². The minimum Gasteiger partial charge on any atom is -0.355 e. The second kappa shape index (κ2) is 6.95. The molecule has 1 atom stereocenters. The predicted molar refractivity (Wildman–Crippen MR) is 94.7 cm³/mol. The van der Waals surface area contributed by atoms with Gasteiger partial charge in [0.25, 0.3) is 5.91 Å². The van der Waals surface area contributed by atoms with E-state index >= 15 is 0 Å². The highest BCUT2D eigenvalue weighted by atomic mass is 16.2. The van der Waals surface area contributed by atoms with E-state index in [1.807, 2.05) is 13.8 Å². The molecule has 2 aliphatic rings. The molecule has 2 aliphatic heterocycles. The van der Waals surface area contributed by atoms with Crippen LogP contribution < -0.4 is 10.2 Å². The molecule has 2 fully saturated rings. The van der Waals surface area contributed by atoms with E-state index < -0.39 is 0 Å². The first kappa shape index (κ1) is 17.6. The molecule has 0 aliphatic carbocycles. The number of nitrogens with zero attached hydrogens (tertiary/aromatic N) is 5. The summed E-state index contributed by atoms with van der Waals surface area (Å²) >= 11 is 0. The maximum atomic E-state index is 12.7. The van der Waals surface area contributed by atoms with E-state index in [-0.39, 0.29) is 24.2 Å². The molecule has 0 aromatic carbocycles. The average molecular weight is 346 g/mol. The molecule has 3 heterocycles. The second-order valence-electron chi connectivity index (χ2n) is 7.01. The third-order valence-electron chi connectivity index (χ3n) is 5.07. The van der Waals surface area contributed by atoms with Crippen molar-refractivity contribution in [1.82, 2.24) is 25.1 Å². The molecule has 1 N–H and O–H groups in total. The van der Waals surface area contributed by atoms with Gasteiger partial charge in [0.1, 0.15) is 12.4 Å². The molecule has 8 nitrogen and oxygen atoms in total. The monoisotopic (exact) mass is 346 g/mol. The van der Waals surface area contributed by atoms with Gasteiger partial charge in [0, 0.05) is 43.5 Å². The van der Waals surface area contributed by atoms with Crippen LogP contribution in [0.1, 0.15) is 28.3 Å². The lowest BCUT2D eigenvalue weighted by Gasteiger charge is -2.27. The van der Waals surface area contributed by atoms with Crippen LogP contribution in [0.3, 0.4) is 0 Å². The Kier molecular flexibility index (Phi) is 4.89. The van der Waals surface area contributed by atoms with E-state index in [0.29, 0.717) is 19.1 Å². The van der Waals surface area contributed by atoms with Crippen LogP contribution in [0.2, 0.25) is 0 Å². The Bertz CT molecular complexity index is 690. The van der Waals surface area contributed by atoms with Gasteiger partial charge < -0.3 is 20.0 Å². The van der Waals surface area contributed by atoms with Crippen molar-refractivity contribution in [1.29, 1.82) is 0 Å². The Balaban J connectivity index is 1.86. The topological polar surface area (TPSA) is 81.7 Å². The number of piperazine rings is 1. The number of aryl methyl sites for hydroxylation is 1. The lowest BCUT2D eigenvalue weighted by atomic mass is 10.2. The normalized spacial score (nSPS) is 21.0. The van der Waals surface area contributed by atoms with Crippen molar-refractivity contribution >= 4 is 17.6 Å². The quantitative estimate of drug-likeness (QED) is 0.817. The largest absolute Gasteiger partial charge is 0.355 e. The van der Waals surface area contributed by atoms with Gasteiger partial charge in [-0.25, -0.2) is 9.97 Å². The highest BCUT2D eigenvalue weighted by Crippen LogP contribution is 2.25. The van der Waals surface area contributed by atoms with Crippen LogP contribution in [-0.2, 0) is 4.79 Å². The summed E-state index contributed by atoms with van der Waals surface area (Å²) in [5.41, 5.74) is 1.82. The highest BCUT2D eigenvalue weighted by molar-refractivity contribution is 5.94. The first-order chi connectivity index (χ1) is 11.9. The first-order valence-electron chi connectivity index (χ1n) is 8.69. The number of likely N-dealkylation sites (N-methyl/N-ethyl adjacent to an activating group) is 1. The number of hydrogen-bond donors (Lipinski definition) is 1. The summed E-state index contributed by atoms with van der Waals surface area (Å²) in [6, 6.07) is 0.486. The van der Waals surface area contributed by atoms with Crippen molar-refractivity contribution < 1.29 is 9.59 Å². The molecule has 2 saturated heterocycles. The first-order valence-corrected chi connectivity index (χ1v) is 8.69. The fourth-order valence-corrected chi connectivity index (χ4v) is 3.33. The third-order valence-corrected chi connectivity index (χ3v) is 5.07. The molecule has 0 spiro atoms. The van der Waals surface area contributed by atoms with Crippen LogP contribution in [0.4, 0.5) is 5.82 Å². The minimum atomic E-state index is -0.275. The van der Waals surface area contributed by atoms with Crippen LogP contribution in [0.15, 0.2) is 0 Å². The number of rotatable bonds is 3. The molecule has 2 amide bonds. The number of carbonyl (C=O) groups excluding carboxylic acids is 2. The molecule has 0 unspecified atom stereocenters. The fourth-order valence-electron chi connectivity index (χ4n) is 3.33. The van der Waals surface area contributed by atoms with E-state index in [9.17, 15) is 9.59 Å². The molecular weight excluding hydrogens is 320 g/mol. The molecule has 1 aromatic heterocycles. The molecule has 25 heavy (non-hydrogen) atoms. The average Bonchev–Trinajstić information content (AvgIpc) is 3.06. The summed E-state index contributed by atoms with van der Waals surface area (Å²) in [5, 5.41) is 2.72. The van der Waals surface area contributed by atoms with Crippen LogP contribution in [0.25, 0.3) is 0 Å². The van der Waals surface area contributed by atoms with E-state index in [4.69, 9.17) is 0 Å². The van der Waals surface area contributed by atoms with Crippen LogP contribution >= 0.6 is 0 Å². The zero-order valence-corrected chi connectivity index (χ0v) is 15.4. The van der Waals surface area contributed by atoms with Crippen LogP contribution in [-0.4, -0.2) is 84.4 Å². The molecular formula is C17H26N6O2. The number of anilines is 1. The van der Waals surface area contributed by atoms with Gasteiger partial charge in [0.05, 0.1) is 0 Å². The van der Waals surface area contributed by atoms with Crippen molar-refractivity contribution in [2.75, 3.05) is 51.7 Å². The molecule has 136 valence electrons. The molecule has 8 heteroatoms. The van der Waals surface area contributed by atoms with Crippen molar-refractivity contribution in [3.8, 4) is 0 Å². The summed E-state index contributed by atoms with van der Waals surface area (Å²) in [4.78, 5) is 39.2. The summed E-state index contributed by atoms with van der Waals surface area (Å²) in [6.45, 7) is 6.73. The van der Waals surface area contributed by atoms with Crippen molar-refractivity contribution in [3.63, 3.8) is 0 Å². The van der Waals surface area contributed by atoms with Crippen molar-refractivity contribution in [2.24, 2.45) is 0 Å². The summed E-state index contributed by atoms with van der Waals surface area (Å²) < 4.78 is 0. The third kappa shape index (κ3) is 3.58. The lowest BCUT2D eigenvalue weighted by Crippen LogP contribution is -2.50. The standard InChI is InChI=1S/C17H26N6O2/c1-11-12(2)19-15(17(25)23-8-6-18-14(24)10-23)20-16(11)22-7-5-13(9-22)21(3)4/h13H,5-10H2,1-4H3,(H,18,24)/t13-/m1/s1. The van der Waals surface area contributed by atoms with Gasteiger partial charge >= 0.3 is 0 Å².